The van der Waals surface area contributed by atoms with Gasteiger partial charge in [-0.3, -0.25) is 4.79 Å². The van der Waals surface area contributed by atoms with Gasteiger partial charge in [0.15, 0.2) is 0 Å². The topological polar surface area (TPSA) is 38.3 Å². The van der Waals surface area contributed by atoms with E-state index in [0.29, 0.717) is 6.42 Å². The van der Waals surface area contributed by atoms with Crippen molar-refractivity contribution >= 4 is 5.97 Å². The molecule has 0 amide bonds. The molecule has 3 nitrogen and oxygen atoms in total. The van der Waals surface area contributed by atoms with Gasteiger partial charge in [-0.1, -0.05) is 37.3 Å². The summed E-state index contributed by atoms with van der Waals surface area (Å²) in [5.41, 5.74) is 1.02. The molecule has 1 rings (SSSR count). The third-order valence-electron chi connectivity index (χ3n) is 2.60. The number of hydrogen-bond donors (Lipinski definition) is 1. The van der Waals surface area contributed by atoms with Crippen LogP contribution in [-0.2, 0) is 9.53 Å². The number of hydrogen-bond acceptors (Lipinski definition) is 3. The minimum absolute atomic E-state index is 0.158. The van der Waals surface area contributed by atoms with E-state index in [4.69, 9.17) is 4.74 Å². The predicted molar refractivity (Wildman–Crippen MR) is 68.7 cm³/mol. The predicted octanol–water partition coefficient (Wildman–Crippen LogP) is 2.68. The molecule has 0 fully saturated rings. The lowest BCUT2D eigenvalue weighted by molar-refractivity contribution is -0.149. The normalized spacial score (nSPS) is 14.1. The first-order chi connectivity index (χ1) is 8.13. The SMILES string of the molecule is CCNC(C)CC(=O)OC(C)c1ccccc1. The summed E-state index contributed by atoms with van der Waals surface area (Å²) >= 11 is 0. The lowest BCUT2D eigenvalue weighted by Gasteiger charge is -2.16. The molecule has 0 saturated heterocycles. The maximum Gasteiger partial charge on any atom is 0.307 e. The van der Waals surface area contributed by atoms with Crippen molar-refractivity contribution in [2.24, 2.45) is 0 Å². The van der Waals surface area contributed by atoms with E-state index < -0.39 is 0 Å². The van der Waals surface area contributed by atoms with E-state index in [2.05, 4.69) is 5.32 Å². The van der Waals surface area contributed by atoms with E-state index >= 15 is 0 Å². The molecule has 0 radical (unpaired) electrons. The number of esters is 1. The minimum Gasteiger partial charge on any atom is -0.458 e. The molecule has 0 saturated carbocycles. The third-order valence-corrected chi connectivity index (χ3v) is 2.60. The second-order valence-corrected chi connectivity index (χ2v) is 4.21. The van der Waals surface area contributed by atoms with Crippen LogP contribution in [0.4, 0.5) is 0 Å². The van der Waals surface area contributed by atoms with Crippen LogP contribution < -0.4 is 5.32 Å². The quantitative estimate of drug-likeness (QED) is 0.770. The van der Waals surface area contributed by atoms with E-state index in [1.165, 1.54) is 0 Å². The van der Waals surface area contributed by atoms with Crippen LogP contribution in [0.3, 0.4) is 0 Å². The van der Waals surface area contributed by atoms with Crippen molar-refractivity contribution in [1.29, 1.82) is 0 Å². The number of rotatable bonds is 6. The first-order valence-corrected chi connectivity index (χ1v) is 6.11. The number of benzene rings is 1. The van der Waals surface area contributed by atoms with Gasteiger partial charge in [-0.2, -0.15) is 0 Å². The average Bonchev–Trinajstić information content (AvgIpc) is 2.30. The number of carbonyl (C=O) groups is 1. The molecular weight excluding hydrogens is 214 g/mol. The molecule has 1 aromatic rings. The molecule has 2 unspecified atom stereocenters. The summed E-state index contributed by atoms with van der Waals surface area (Å²) in [6.45, 7) is 6.76. The summed E-state index contributed by atoms with van der Waals surface area (Å²) in [6.07, 6.45) is 0.225. The second-order valence-electron chi connectivity index (χ2n) is 4.21. The van der Waals surface area contributed by atoms with Gasteiger partial charge in [0.25, 0.3) is 0 Å². The summed E-state index contributed by atoms with van der Waals surface area (Å²) < 4.78 is 5.37. The van der Waals surface area contributed by atoms with Gasteiger partial charge in [0.2, 0.25) is 0 Å². The molecule has 0 spiro atoms. The number of nitrogens with one attached hydrogen (secondary N) is 1. The summed E-state index contributed by atoms with van der Waals surface area (Å²) in [5, 5.41) is 3.19. The van der Waals surface area contributed by atoms with Gasteiger partial charge in [0.05, 0.1) is 6.42 Å². The van der Waals surface area contributed by atoms with Crippen molar-refractivity contribution in [3.05, 3.63) is 35.9 Å². The maximum atomic E-state index is 11.6. The van der Waals surface area contributed by atoms with E-state index in [-0.39, 0.29) is 18.1 Å². The third kappa shape index (κ3) is 5.00. The zero-order chi connectivity index (χ0) is 12.7. The van der Waals surface area contributed by atoms with Crippen LogP contribution >= 0.6 is 0 Å². The zero-order valence-electron chi connectivity index (χ0n) is 10.8. The van der Waals surface area contributed by atoms with E-state index in [1.54, 1.807) is 0 Å². The van der Waals surface area contributed by atoms with Crippen molar-refractivity contribution in [3.63, 3.8) is 0 Å². The Morgan fingerprint density at radius 2 is 1.94 bits per heavy atom. The highest BCUT2D eigenvalue weighted by atomic mass is 16.5. The standard InChI is InChI=1S/C14H21NO2/c1-4-15-11(2)10-14(16)17-12(3)13-8-6-5-7-9-13/h5-9,11-12,15H,4,10H2,1-3H3. The Morgan fingerprint density at radius 3 is 2.53 bits per heavy atom. The Bertz CT molecular complexity index is 337. The van der Waals surface area contributed by atoms with Crippen LogP contribution in [0, 0.1) is 0 Å². The van der Waals surface area contributed by atoms with Crippen LogP contribution in [0.15, 0.2) is 30.3 Å². The van der Waals surface area contributed by atoms with Gasteiger partial charge >= 0.3 is 5.97 Å². The minimum atomic E-state index is -0.183. The van der Waals surface area contributed by atoms with Gasteiger partial charge in [-0.05, 0) is 26.0 Å². The van der Waals surface area contributed by atoms with Crippen molar-refractivity contribution in [2.75, 3.05) is 6.54 Å². The van der Waals surface area contributed by atoms with Crippen LogP contribution in [-0.4, -0.2) is 18.6 Å². The monoisotopic (exact) mass is 235 g/mol. The fraction of sp³-hybridized carbons (Fsp3) is 0.500. The largest absolute Gasteiger partial charge is 0.458 e. The summed E-state index contributed by atoms with van der Waals surface area (Å²) in [6, 6.07) is 9.93. The maximum absolute atomic E-state index is 11.6. The smallest absolute Gasteiger partial charge is 0.307 e. The molecule has 0 aromatic heterocycles. The van der Waals surface area contributed by atoms with Crippen molar-refractivity contribution in [2.45, 2.75) is 39.3 Å². The fourth-order valence-corrected chi connectivity index (χ4v) is 1.71. The number of carbonyl (C=O) groups excluding carboxylic acids is 1. The molecular formula is C14H21NO2. The second kappa shape index (κ2) is 7.07. The van der Waals surface area contributed by atoms with Gasteiger partial charge in [-0.15, -0.1) is 0 Å². The molecule has 0 aliphatic rings. The highest BCUT2D eigenvalue weighted by Crippen LogP contribution is 2.16. The number of ether oxygens (including phenoxy) is 1. The highest BCUT2D eigenvalue weighted by Gasteiger charge is 2.13. The fourth-order valence-electron chi connectivity index (χ4n) is 1.71. The molecule has 2 atom stereocenters. The van der Waals surface area contributed by atoms with Gasteiger partial charge in [0, 0.05) is 6.04 Å². The Hall–Kier alpha value is -1.35. The molecule has 1 N–H and O–H groups in total. The lowest BCUT2D eigenvalue weighted by atomic mass is 10.1. The van der Waals surface area contributed by atoms with Gasteiger partial charge in [0.1, 0.15) is 6.10 Å². The van der Waals surface area contributed by atoms with Crippen LogP contribution in [0.2, 0.25) is 0 Å². The molecule has 17 heavy (non-hydrogen) atoms. The summed E-state index contributed by atoms with van der Waals surface area (Å²) in [4.78, 5) is 11.6. The molecule has 0 bridgehead atoms. The van der Waals surface area contributed by atoms with Crippen molar-refractivity contribution in [1.82, 2.24) is 5.32 Å². The van der Waals surface area contributed by atoms with E-state index in [0.717, 1.165) is 12.1 Å². The average molecular weight is 235 g/mol. The molecule has 3 heteroatoms. The lowest BCUT2D eigenvalue weighted by Crippen LogP contribution is -2.29. The van der Waals surface area contributed by atoms with Crippen LogP contribution in [0.5, 0.6) is 0 Å². The molecule has 0 aliphatic carbocycles. The Morgan fingerprint density at radius 1 is 1.29 bits per heavy atom. The van der Waals surface area contributed by atoms with Gasteiger partial charge in [-0.25, -0.2) is 0 Å². The zero-order valence-corrected chi connectivity index (χ0v) is 10.8. The van der Waals surface area contributed by atoms with Crippen LogP contribution in [0.25, 0.3) is 0 Å². The van der Waals surface area contributed by atoms with E-state index in [1.807, 2.05) is 51.1 Å². The van der Waals surface area contributed by atoms with E-state index in [9.17, 15) is 4.79 Å². The molecule has 0 aliphatic heterocycles. The first-order valence-electron chi connectivity index (χ1n) is 6.11. The van der Waals surface area contributed by atoms with Crippen molar-refractivity contribution < 1.29 is 9.53 Å². The summed E-state index contributed by atoms with van der Waals surface area (Å²) in [5.74, 6) is -0.158. The molecule has 0 heterocycles. The highest BCUT2D eigenvalue weighted by molar-refractivity contribution is 5.70. The first kappa shape index (κ1) is 13.7. The van der Waals surface area contributed by atoms with Crippen molar-refractivity contribution in [3.8, 4) is 0 Å². The summed E-state index contributed by atoms with van der Waals surface area (Å²) in [7, 11) is 0. The molecule has 94 valence electrons. The van der Waals surface area contributed by atoms with Crippen LogP contribution in [0.1, 0.15) is 38.9 Å². The Labute approximate surface area is 103 Å². The Balaban J connectivity index is 2.41. The Kier molecular flexibility index (Phi) is 5.70. The molecule has 1 aromatic carbocycles. The van der Waals surface area contributed by atoms with Gasteiger partial charge < -0.3 is 10.1 Å².